The van der Waals surface area contributed by atoms with Crippen molar-refractivity contribution in [3.63, 3.8) is 0 Å². The summed E-state index contributed by atoms with van der Waals surface area (Å²) in [5.74, 6) is 0.428. The Hall–Kier alpha value is -3.61. The van der Waals surface area contributed by atoms with Crippen molar-refractivity contribution in [1.29, 1.82) is 0 Å². The summed E-state index contributed by atoms with van der Waals surface area (Å²) in [6, 6.07) is 13.3. The molecule has 0 saturated heterocycles. The highest BCUT2D eigenvalue weighted by molar-refractivity contribution is 5.61. The van der Waals surface area contributed by atoms with Crippen LogP contribution in [0.2, 0.25) is 0 Å². The highest BCUT2D eigenvalue weighted by Crippen LogP contribution is 2.24. The summed E-state index contributed by atoms with van der Waals surface area (Å²) >= 11 is 0. The van der Waals surface area contributed by atoms with Gasteiger partial charge in [0.05, 0.1) is 28.3 Å². The second-order valence-corrected chi connectivity index (χ2v) is 5.31. The van der Waals surface area contributed by atoms with Crippen LogP contribution in [0.3, 0.4) is 0 Å². The van der Waals surface area contributed by atoms with E-state index in [1.54, 1.807) is 12.1 Å². The molecular weight excluding hydrogens is 322 g/mol. The number of non-ortho nitro benzene ring substituents is 1. The number of ether oxygens (including phenoxy) is 1. The lowest BCUT2D eigenvalue weighted by atomic mass is 10.1. The van der Waals surface area contributed by atoms with Crippen LogP contribution >= 0.6 is 0 Å². The molecule has 0 radical (unpaired) electrons. The third-order valence-corrected chi connectivity index (χ3v) is 3.74. The number of aromatic amines is 1. The molecule has 0 atom stereocenters. The zero-order valence-corrected chi connectivity index (χ0v) is 13.4. The molecule has 0 aliphatic carbocycles. The van der Waals surface area contributed by atoms with Gasteiger partial charge in [-0.15, -0.1) is 0 Å². The normalized spacial score (nSPS) is 11.5. The third-order valence-electron chi connectivity index (χ3n) is 3.74. The van der Waals surface area contributed by atoms with E-state index >= 15 is 0 Å². The first kappa shape index (κ1) is 16.3. The molecule has 7 heteroatoms. The average Bonchev–Trinajstić information content (AvgIpc) is 2.90. The number of H-pyrrole nitrogens is 1. The second kappa shape index (κ2) is 6.48. The van der Waals surface area contributed by atoms with Gasteiger partial charge in [0.25, 0.3) is 11.2 Å². The Bertz CT molecular complexity index is 1100. The first-order valence-electron chi connectivity index (χ1n) is 7.41. The molecule has 126 valence electrons. The number of aromatic nitrogens is 2. The molecule has 0 aliphatic rings. The van der Waals surface area contributed by atoms with Crippen LogP contribution in [0, 0.1) is 10.1 Å². The van der Waals surface area contributed by atoms with Gasteiger partial charge < -0.3 is 4.74 Å². The van der Waals surface area contributed by atoms with Crippen LogP contribution in [0.4, 0.5) is 5.69 Å². The van der Waals surface area contributed by atoms with E-state index in [4.69, 9.17) is 4.74 Å². The largest absolute Gasteiger partial charge is 0.496 e. The quantitative estimate of drug-likeness (QED) is 0.574. The van der Waals surface area contributed by atoms with E-state index in [2.05, 4.69) is 11.7 Å². The van der Waals surface area contributed by atoms with Gasteiger partial charge in [0.1, 0.15) is 5.75 Å². The van der Waals surface area contributed by atoms with Crippen LogP contribution in [0.5, 0.6) is 5.75 Å². The molecule has 1 aromatic heterocycles. The highest BCUT2D eigenvalue weighted by atomic mass is 16.6. The number of nitro groups is 1. The zero-order valence-electron chi connectivity index (χ0n) is 13.4. The monoisotopic (exact) mass is 337 g/mol. The summed E-state index contributed by atoms with van der Waals surface area (Å²) in [5, 5.41) is 14.6. The number of methoxy groups -OCH3 is 1. The van der Waals surface area contributed by atoms with Gasteiger partial charge in [0.2, 0.25) is 0 Å². The summed E-state index contributed by atoms with van der Waals surface area (Å²) in [6.45, 7) is 3.85. The average molecular weight is 337 g/mol. The summed E-state index contributed by atoms with van der Waals surface area (Å²) in [5.41, 5.74) is 0.710. The number of hydrogen-bond acceptors (Lipinski definition) is 4. The van der Waals surface area contributed by atoms with Gasteiger partial charge in [-0.2, -0.15) is 0 Å². The Kier molecular flexibility index (Phi) is 4.21. The Morgan fingerprint density at radius 2 is 1.96 bits per heavy atom. The lowest BCUT2D eigenvalue weighted by Crippen LogP contribution is -2.34. The van der Waals surface area contributed by atoms with Crippen molar-refractivity contribution >= 4 is 18.3 Å². The fraction of sp³-hybridized carbons (Fsp3) is 0.0556. The molecule has 25 heavy (non-hydrogen) atoms. The molecule has 1 heterocycles. The van der Waals surface area contributed by atoms with Gasteiger partial charge in [-0.1, -0.05) is 24.8 Å². The lowest BCUT2D eigenvalue weighted by molar-refractivity contribution is -0.384. The van der Waals surface area contributed by atoms with Crippen molar-refractivity contribution in [2.75, 3.05) is 7.11 Å². The molecule has 2 aromatic carbocycles. The van der Waals surface area contributed by atoms with E-state index < -0.39 is 4.92 Å². The van der Waals surface area contributed by atoms with Crippen molar-refractivity contribution in [1.82, 2.24) is 9.78 Å². The van der Waals surface area contributed by atoms with E-state index in [0.717, 1.165) is 0 Å². The van der Waals surface area contributed by atoms with Gasteiger partial charge in [0, 0.05) is 17.7 Å². The number of para-hydroxylation sites is 1. The van der Waals surface area contributed by atoms with Crippen LogP contribution in [0.1, 0.15) is 5.56 Å². The molecule has 0 fully saturated rings. The molecule has 3 aromatic rings. The highest BCUT2D eigenvalue weighted by Gasteiger charge is 2.11. The number of nitrogens with zero attached hydrogens (tertiary/aromatic N) is 2. The fourth-order valence-electron chi connectivity index (χ4n) is 2.51. The minimum atomic E-state index is -0.499. The third kappa shape index (κ3) is 3.07. The Labute approximate surface area is 142 Å². The van der Waals surface area contributed by atoms with Crippen molar-refractivity contribution in [2.24, 2.45) is 0 Å². The van der Waals surface area contributed by atoms with E-state index in [0.29, 0.717) is 27.6 Å². The molecule has 0 aliphatic heterocycles. The summed E-state index contributed by atoms with van der Waals surface area (Å²) < 4.78 is 6.60. The molecular formula is C18H15N3O4. The number of nitrogens with one attached hydrogen (secondary N) is 1. The van der Waals surface area contributed by atoms with E-state index in [9.17, 15) is 14.9 Å². The maximum atomic E-state index is 12.7. The van der Waals surface area contributed by atoms with Crippen LogP contribution in [0.15, 0.2) is 53.3 Å². The van der Waals surface area contributed by atoms with Crippen molar-refractivity contribution in [3.05, 3.63) is 85.1 Å². The molecule has 0 bridgehead atoms. The zero-order chi connectivity index (χ0) is 18.0. The predicted molar refractivity (Wildman–Crippen MR) is 94.4 cm³/mol. The maximum Gasteiger partial charge on any atom is 0.279 e. The van der Waals surface area contributed by atoms with Crippen molar-refractivity contribution in [3.8, 4) is 11.4 Å². The Morgan fingerprint density at radius 1 is 1.24 bits per heavy atom. The Morgan fingerprint density at radius 3 is 2.60 bits per heavy atom. The van der Waals surface area contributed by atoms with E-state index in [-0.39, 0.29) is 11.2 Å². The minimum absolute atomic E-state index is 0.0865. The topological polar surface area (TPSA) is 90.2 Å². The number of nitro benzene ring substituents is 1. The molecule has 0 saturated carbocycles. The lowest BCUT2D eigenvalue weighted by Gasteiger charge is -2.03. The van der Waals surface area contributed by atoms with Crippen molar-refractivity contribution < 1.29 is 9.66 Å². The van der Waals surface area contributed by atoms with Crippen LogP contribution < -0.4 is 20.9 Å². The summed E-state index contributed by atoms with van der Waals surface area (Å²) in [4.78, 5) is 23.2. The summed E-state index contributed by atoms with van der Waals surface area (Å²) in [7, 11) is 1.46. The first-order valence-corrected chi connectivity index (χ1v) is 7.41. The fourth-order valence-corrected chi connectivity index (χ4v) is 2.51. The van der Waals surface area contributed by atoms with Crippen LogP contribution in [-0.4, -0.2) is 21.8 Å². The molecule has 7 nitrogen and oxygen atoms in total. The van der Waals surface area contributed by atoms with Gasteiger partial charge >= 0.3 is 0 Å². The molecule has 0 amide bonds. The SMILES string of the molecule is C=c1[nH]n(-c2ccccc2)c(=O)c1=Cc1cc([N+](=O)[O-])ccc1OC. The van der Waals surface area contributed by atoms with Gasteiger partial charge in [0.15, 0.2) is 0 Å². The number of benzene rings is 2. The molecule has 0 spiro atoms. The van der Waals surface area contributed by atoms with Gasteiger partial charge in [-0.25, -0.2) is 4.68 Å². The minimum Gasteiger partial charge on any atom is -0.496 e. The Balaban J connectivity index is 2.23. The summed E-state index contributed by atoms with van der Waals surface area (Å²) in [6.07, 6.45) is 1.53. The standard InChI is InChI=1S/C18H15N3O4/c1-12-16(18(22)20(19-12)14-6-4-3-5-7-14)11-13-10-15(21(23)24)8-9-17(13)25-2/h3-11,19H,1H2,2H3. The van der Waals surface area contributed by atoms with E-state index in [1.165, 1.54) is 36.1 Å². The van der Waals surface area contributed by atoms with Crippen molar-refractivity contribution in [2.45, 2.75) is 0 Å². The van der Waals surface area contributed by atoms with Gasteiger partial charge in [-0.3, -0.25) is 20.0 Å². The number of hydrogen-bond donors (Lipinski definition) is 1. The maximum absolute atomic E-state index is 12.7. The van der Waals surface area contributed by atoms with Crippen LogP contribution in [-0.2, 0) is 0 Å². The molecule has 1 N–H and O–H groups in total. The van der Waals surface area contributed by atoms with E-state index in [1.807, 2.05) is 18.2 Å². The predicted octanol–water partition coefficient (Wildman–Crippen LogP) is 1.32. The second-order valence-electron chi connectivity index (χ2n) is 5.31. The first-order chi connectivity index (χ1) is 12.0. The number of rotatable bonds is 4. The molecule has 3 rings (SSSR count). The smallest absolute Gasteiger partial charge is 0.279 e. The molecule has 0 unspecified atom stereocenters. The van der Waals surface area contributed by atoms with Crippen LogP contribution in [0.25, 0.3) is 18.3 Å². The van der Waals surface area contributed by atoms with Gasteiger partial charge in [-0.05, 0) is 24.3 Å².